The van der Waals surface area contributed by atoms with Crippen LogP contribution in [0, 0.1) is 6.20 Å². The lowest BCUT2D eigenvalue weighted by Gasteiger charge is -1.96. The van der Waals surface area contributed by atoms with Gasteiger partial charge in [0.25, 0.3) is 0 Å². The van der Waals surface area contributed by atoms with Crippen molar-refractivity contribution in [3.63, 3.8) is 0 Å². The highest BCUT2D eigenvalue weighted by Crippen LogP contribution is 2.18. The molecule has 0 saturated heterocycles. The SMILES string of the molecule is Cn1cnc2cc3[c]ncnc3cc21. The van der Waals surface area contributed by atoms with Crippen molar-refractivity contribution in [3.8, 4) is 0 Å². The van der Waals surface area contributed by atoms with Gasteiger partial charge in [-0.15, -0.1) is 0 Å². The zero-order valence-corrected chi connectivity index (χ0v) is 7.60. The molecule has 0 bridgehead atoms. The summed E-state index contributed by atoms with van der Waals surface area (Å²) in [6.45, 7) is 0. The van der Waals surface area contributed by atoms with Gasteiger partial charge >= 0.3 is 0 Å². The number of benzene rings is 1. The van der Waals surface area contributed by atoms with Gasteiger partial charge in [-0.25, -0.2) is 15.0 Å². The molecule has 0 aliphatic heterocycles. The highest BCUT2D eigenvalue weighted by atomic mass is 15.0. The normalized spacial score (nSPS) is 11.2. The van der Waals surface area contributed by atoms with Gasteiger partial charge in [-0.1, -0.05) is 0 Å². The predicted molar refractivity (Wildman–Crippen MR) is 52.6 cm³/mol. The monoisotopic (exact) mass is 183 g/mol. The number of aryl methyl sites for hydroxylation is 1. The van der Waals surface area contributed by atoms with Gasteiger partial charge < -0.3 is 4.57 Å². The van der Waals surface area contributed by atoms with Crippen LogP contribution >= 0.6 is 0 Å². The quantitative estimate of drug-likeness (QED) is 0.528. The third-order valence-electron chi connectivity index (χ3n) is 2.28. The molecule has 1 radical (unpaired) electrons. The minimum Gasteiger partial charge on any atom is -0.334 e. The van der Waals surface area contributed by atoms with E-state index in [1.54, 1.807) is 6.33 Å². The average molecular weight is 183 g/mol. The molecule has 4 nitrogen and oxygen atoms in total. The maximum Gasteiger partial charge on any atom is 0.116 e. The summed E-state index contributed by atoms with van der Waals surface area (Å²) in [6.07, 6.45) is 6.18. The fourth-order valence-corrected chi connectivity index (χ4v) is 1.55. The van der Waals surface area contributed by atoms with Crippen LogP contribution in [0.4, 0.5) is 0 Å². The number of aromatic nitrogens is 4. The lowest BCUT2D eigenvalue weighted by Crippen LogP contribution is -1.86. The first-order valence-corrected chi connectivity index (χ1v) is 4.28. The number of hydrogen-bond acceptors (Lipinski definition) is 3. The minimum absolute atomic E-state index is 0.899. The topological polar surface area (TPSA) is 43.6 Å². The zero-order chi connectivity index (χ0) is 9.54. The van der Waals surface area contributed by atoms with Gasteiger partial charge in [0.1, 0.15) is 12.5 Å². The van der Waals surface area contributed by atoms with E-state index in [4.69, 9.17) is 0 Å². The van der Waals surface area contributed by atoms with Crippen LogP contribution in [0.5, 0.6) is 0 Å². The summed E-state index contributed by atoms with van der Waals surface area (Å²) in [5, 5.41) is 0.902. The molecule has 0 atom stereocenters. The highest BCUT2D eigenvalue weighted by molar-refractivity contribution is 5.92. The number of nitrogens with zero attached hydrogens (tertiary/aromatic N) is 4. The van der Waals surface area contributed by atoms with Crippen LogP contribution in [-0.4, -0.2) is 19.5 Å². The van der Waals surface area contributed by atoms with E-state index in [9.17, 15) is 0 Å². The lowest BCUT2D eigenvalue weighted by molar-refractivity contribution is 0.948. The Morgan fingerprint density at radius 2 is 2.14 bits per heavy atom. The molecule has 4 heteroatoms. The van der Waals surface area contributed by atoms with E-state index in [1.165, 1.54) is 6.33 Å². The Kier molecular flexibility index (Phi) is 1.33. The van der Waals surface area contributed by atoms with Gasteiger partial charge in [0, 0.05) is 12.4 Å². The summed E-state index contributed by atoms with van der Waals surface area (Å²) < 4.78 is 1.97. The van der Waals surface area contributed by atoms with Gasteiger partial charge in [-0.05, 0) is 12.1 Å². The Hall–Kier alpha value is -1.97. The Labute approximate surface area is 80.2 Å². The Morgan fingerprint density at radius 1 is 1.21 bits per heavy atom. The average Bonchev–Trinajstić information content (AvgIpc) is 2.57. The lowest BCUT2D eigenvalue weighted by atomic mass is 10.2. The number of imidazole rings is 1. The van der Waals surface area contributed by atoms with Crippen molar-refractivity contribution in [2.45, 2.75) is 0 Å². The summed E-state index contributed by atoms with van der Waals surface area (Å²) in [4.78, 5) is 12.3. The Balaban J connectivity index is 2.54. The maximum atomic E-state index is 4.26. The smallest absolute Gasteiger partial charge is 0.116 e. The molecule has 2 heterocycles. The fraction of sp³-hybridized carbons (Fsp3) is 0.100. The standard InChI is InChI=1S/C10H7N4/c1-14-6-13-9-2-7-4-11-5-12-8(7)3-10(9)14/h2-3,5-6H,1H3. The molecule has 67 valence electrons. The van der Waals surface area contributed by atoms with E-state index in [0.29, 0.717) is 0 Å². The first-order valence-electron chi connectivity index (χ1n) is 4.28. The second-order valence-electron chi connectivity index (χ2n) is 3.20. The van der Waals surface area contributed by atoms with Crippen LogP contribution in [-0.2, 0) is 7.05 Å². The van der Waals surface area contributed by atoms with Crippen LogP contribution in [0.2, 0.25) is 0 Å². The summed E-state index contributed by atoms with van der Waals surface area (Å²) >= 11 is 0. The van der Waals surface area contributed by atoms with E-state index >= 15 is 0 Å². The molecule has 0 unspecified atom stereocenters. The number of hydrogen-bond donors (Lipinski definition) is 0. The van der Waals surface area contributed by atoms with Gasteiger partial charge in [0.2, 0.25) is 0 Å². The second-order valence-corrected chi connectivity index (χ2v) is 3.20. The summed E-state index contributed by atoms with van der Waals surface area (Å²) in [5.74, 6) is 0. The van der Waals surface area contributed by atoms with Crippen molar-refractivity contribution in [1.82, 2.24) is 19.5 Å². The van der Waals surface area contributed by atoms with E-state index < -0.39 is 0 Å². The van der Waals surface area contributed by atoms with Crippen molar-refractivity contribution < 1.29 is 0 Å². The zero-order valence-electron chi connectivity index (χ0n) is 7.60. The summed E-state index contributed by atoms with van der Waals surface area (Å²) in [7, 11) is 1.96. The van der Waals surface area contributed by atoms with Crippen LogP contribution in [0.15, 0.2) is 24.8 Å². The van der Waals surface area contributed by atoms with E-state index in [2.05, 4.69) is 21.1 Å². The molecule has 2 aromatic heterocycles. The number of fused-ring (bicyclic) bond motifs is 2. The van der Waals surface area contributed by atoms with Crippen molar-refractivity contribution in [2.75, 3.05) is 0 Å². The van der Waals surface area contributed by atoms with Crippen molar-refractivity contribution in [3.05, 3.63) is 31.0 Å². The third-order valence-corrected chi connectivity index (χ3v) is 2.28. The Bertz CT molecular complexity index is 612. The van der Waals surface area contributed by atoms with E-state index in [-0.39, 0.29) is 0 Å². The molecule has 0 amide bonds. The van der Waals surface area contributed by atoms with Crippen molar-refractivity contribution in [2.24, 2.45) is 7.05 Å². The second kappa shape index (κ2) is 2.51. The van der Waals surface area contributed by atoms with E-state index in [0.717, 1.165) is 21.9 Å². The molecule has 0 aliphatic carbocycles. The van der Waals surface area contributed by atoms with Crippen LogP contribution in [0.1, 0.15) is 0 Å². The third kappa shape index (κ3) is 0.907. The van der Waals surface area contributed by atoms with Crippen LogP contribution in [0.25, 0.3) is 21.9 Å². The van der Waals surface area contributed by atoms with Crippen molar-refractivity contribution in [1.29, 1.82) is 0 Å². The molecular formula is C10H7N4. The fourth-order valence-electron chi connectivity index (χ4n) is 1.55. The van der Waals surface area contributed by atoms with E-state index in [1.807, 2.05) is 23.7 Å². The molecule has 0 N–H and O–H groups in total. The first kappa shape index (κ1) is 7.44. The Morgan fingerprint density at radius 3 is 3.07 bits per heavy atom. The van der Waals surface area contributed by atoms with Crippen molar-refractivity contribution >= 4 is 21.9 Å². The molecule has 0 fully saturated rings. The molecule has 1 aromatic carbocycles. The van der Waals surface area contributed by atoms with Crippen LogP contribution in [0.3, 0.4) is 0 Å². The molecule has 0 spiro atoms. The van der Waals surface area contributed by atoms with Crippen LogP contribution < -0.4 is 0 Å². The highest BCUT2D eigenvalue weighted by Gasteiger charge is 2.02. The largest absolute Gasteiger partial charge is 0.334 e. The molecule has 3 aromatic rings. The molecular weight excluding hydrogens is 176 g/mol. The van der Waals surface area contributed by atoms with Gasteiger partial charge in [0.05, 0.1) is 22.9 Å². The molecule has 3 rings (SSSR count). The molecule has 14 heavy (non-hydrogen) atoms. The van der Waals surface area contributed by atoms with Gasteiger partial charge in [-0.2, -0.15) is 0 Å². The van der Waals surface area contributed by atoms with Gasteiger partial charge in [0.15, 0.2) is 0 Å². The molecule has 0 aliphatic rings. The number of rotatable bonds is 0. The predicted octanol–water partition coefficient (Wildman–Crippen LogP) is 1.32. The van der Waals surface area contributed by atoms with Gasteiger partial charge in [-0.3, -0.25) is 0 Å². The first-order chi connectivity index (χ1) is 6.84. The maximum absolute atomic E-state index is 4.26. The summed E-state index contributed by atoms with van der Waals surface area (Å²) in [6, 6.07) is 3.94. The minimum atomic E-state index is 0.899. The molecule has 0 saturated carbocycles. The summed E-state index contributed by atoms with van der Waals surface area (Å²) in [5.41, 5.74) is 2.92.